The summed E-state index contributed by atoms with van der Waals surface area (Å²) in [5.74, 6) is 0. The topological polar surface area (TPSA) is 3.24 Å². The fraction of sp³-hybridized carbons (Fsp3) is 0.200. The Balaban J connectivity index is 1.98. The molecule has 1 aliphatic rings. The highest BCUT2D eigenvalue weighted by atomic mass is 15.1. The number of nitrogens with zero attached hydrogens (tertiary/aromatic N) is 1. The Morgan fingerprint density at radius 3 is 1.38 bits per heavy atom. The molecular formula is C25H25N. The van der Waals surface area contributed by atoms with E-state index in [1.807, 2.05) is 0 Å². The average Bonchev–Trinajstić information content (AvgIpc) is 2.74. The summed E-state index contributed by atoms with van der Waals surface area (Å²) in [6.45, 7) is 2.26. The monoisotopic (exact) mass is 339 g/mol. The van der Waals surface area contributed by atoms with Crippen LogP contribution in [0.4, 0.5) is 0 Å². The third-order valence-corrected chi connectivity index (χ3v) is 5.08. The molecule has 0 unspecified atom stereocenters. The highest BCUT2D eigenvalue weighted by molar-refractivity contribution is 5.97. The van der Waals surface area contributed by atoms with Crippen molar-refractivity contribution in [1.82, 2.24) is 4.90 Å². The smallest absolute Gasteiger partial charge is 0.0525 e. The SMILES string of the molecule is c1ccc(C(=C(c2ccccc2)N2CCCCC2)c2ccccc2)cc1. The summed E-state index contributed by atoms with van der Waals surface area (Å²) in [6.07, 6.45) is 3.88. The zero-order valence-corrected chi connectivity index (χ0v) is 15.1. The van der Waals surface area contributed by atoms with E-state index in [0.29, 0.717) is 0 Å². The molecule has 1 heteroatoms. The van der Waals surface area contributed by atoms with Crippen LogP contribution in [0, 0.1) is 0 Å². The molecule has 130 valence electrons. The summed E-state index contributed by atoms with van der Waals surface area (Å²) in [4.78, 5) is 2.59. The molecule has 3 aromatic rings. The second-order valence-electron chi connectivity index (χ2n) is 6.87. The number of benzene rings is 3. The highest BCUT2D eigenvalue weighted by Crippen LogP contribution is 2.35. The van der Waals surface area contributed by atoms with Crippen LogP contribution in [0.1, 0.15) is 36.0 Å². The molecule has 0 aromatic heterocycles. The third-order valence-electron chi connectivity index (χ3n) is 5.08. The molecule has 3 aromatic carbocycles. The fourth-order valence-corrected chi connectivity index (χ4v) is 3.85. The second kappa shape index (κ2) is 8.05. The van der Waals surface area contributed by atoms with Crippen molar-refractivity contribution in [3.8, 4) is 0 Å². The molecule has 0 radical (unpaired) electrons. The molecule has 0 N–H and O–H groups in total. The van der Waals surface area contributed by atoms with Crippen molar-refractivity contribution < 1.29 is 0 Å². The highest BCUT2D eigenvalue weighted by Gasteiger charge is 2.21. The quantitative estimate of drug-likeness (QED) is 0.520. The van der Waals surface area contributed by atoms with Crippen LogP contribution in [0.5, 0.6) is 0 Å². The minimum Gasteiger partial charge on any atom is -0.371 e. The van der Waals surface area contributed by atoms with Crippen LogP contribution in [0.25, 0.3) is 11.3 Å². The Labute approximate surface area is 156 Å². The lowest BCUT2D eigenvalue weighted by Crippen LogP contribution is -2.29. The van der Waals surface area contributed by atoms with Crippen LogP contribution in [-0.4, -0.2) is 18.0 Å². The Bertz CT molecular complexity index is 803. The largest absolute Gasteiger partial charge is 0.371 e. The molecule has 26 heavy (non-hydrogen) atoms. The summed E-state index contributed by atoms with van der Waals surface area (Å²) >= 11 is 0. The van der Waals surface area contributed by atoms with E-state index in [1.165, 1.54) is 47.2 Å². The molecular weight excluding hydrogens is 314 g/mol. The van der Waals surface area contributed by atoms with Crippen LogP contribution in [0.15, 0.2) is 91.0 Å². The number of hydrogen-bond donors (Lipinski definition) is 0. The van der Waals surface area contributed by atoms with Gasteiger partial charge in [0.15, 0.2) is 0 Å². The first-order valence-corrected chi connectivity index (χ1v) is 9.59. The summed E-state index contributed by atoms with van der Waals surface area (Å²) in [6, 6.07) is 32.5. The van der Waals surface area contributed by atoms with Crippen molar-refractivity contribution in [3.63, 3.8) is 0 Å². The van der Waals surface area contributed by atoms with E-state index in [9.17, 15) is 0 Å². The predicted octanol–water partition coefficient (Wildman–Crippen LogP) is 6.09. The Hall–Kier alpha value is -2.80. The lowest BCUT2D eigenvalue weighted by molar-refractivity contribution is 0.326. The third kappa shape index (κ3) is 3.57. The van der Waals surface area contributed by atoms with Crippen molar-refractivity contribution in [2.24, 2.45) is 0 Å². The molecule has 1 heterocycles. The lowest BCUT2D eigenvalue weighted by Gasteiger charge is -2.33. The minimum absolute atomic E-state index is 1.13. The van der Waals surface area contributed by atoms with E-state index >= 15 is 0 Å². The van der Waals surface area contributed by atoms with E-state index in [1.54, 1.807) is 0 Å². The van der Waals surface area contributed by atoms with Gasteiger partial charge in [0.2, 0.25) is 0 Å². The van der Waals surface area contributed by atoms with Gasteiger partial charge in [0.05, 0.1) is 5.70 Å². The molecule has 1 aliphatic heterocycles. The van der Waals surface area contributed by atoms with Crippen molar-refractivity contribution in [2.75, 3.05) is 13.1 Å². The molecule has 4 rings (SSSR count). The maximum absolute atomic E-state index is 2.59. The summed E-state index contributed by atoms with van der Waals surface area (Å²) < 4.78 is 0. The van der Waals surface area contributed by atoms with E-state index in [-0.39, 0.29) is 0 Å². The molecule has 1 saturated heterocycles. The maximum atomic E-state index is 2.59. The normalized spacial score (nSPS) is 14.1. The summed E-state index contributed by atoms with van der Waals surface area (Å²) in [7, 11) is 0. The maximum Gasteiger partial charge on any atom is 0.0525 e. The van der Waals surface area contributed by atoms with Gasteiger partial charge in [-0.2, -0.15) is 0 Å². The molecule has 1 nitrogen and oxygen atoms in total. The standard InChI is InChI=1S/C25H25N/c1-5-13-21(14-6-1)24(22-15-7-2-8-16-22)25(23-17-9-3-10-18-23)26-19-11-4-12-20-26/h1-3,5-10,13-18H,4,11-12,19-20H2. The molecule has 0 amide bonds. The van der Waals surface area contributed by atoms with Gasteiger partial charge in [-0.05, 0) is 36.0 Å². The van der Waals surface area contributed by atoms with Gasteiger partial charge in [-0.1, -0.05) is 91.0 Å². The van der Waals surface area contributed by atoms with E-state index in [4.69, 9.17) is 0 Å². The molecule has 0 aliphatic carbocycles. The van der Waals surface area contributed by atoms with Crippen molar-refractivity contribution >= 4 is 11.3 Å². The minimum atomic E-state index is 1.13. The van der Waals surface area contributed by atoms with Gasteiger partial charge in [-0.25, -0.2) is 0 Å². The predicted molar refractivity (Wildman–Crippen MR) is 111 cm³/mol. The first kappa shape index (κ1) is 16.7. The summed E-state index contributed by atoms with van der Waals surface area (Å²) in [5, 5.41) is 0. The number of rotatable bonds is 4. The first-order valence-electron chi connectivity index (χ1n) is 9.59. The van der Waals surface area contributed by atoms with Crippen molar-refractivity contribution in [3.05, 3.63) is 108 Å². The van der Waals surface area contributed by atoms with Crippen LogP contribution in [0.3, 0.4) is 0 Å². The molecule has 0 spiro atoms. The lowest BCUT2D eigenvalue weighted by atomic mass is 9.91. The van der Waals surface area contributed by atoms with E-state index in [0.717, 1.165) is 13.1 Å². The van der Waals surface area contributed by atoms with Crippen LogP contribution in [0.2, 0.25) is 0 Å². The Kier molecular flexibility index (Phi) is 5.16. The first-order chi connectivity index (χ1) is 12.9. The van der Waals surface area contributed by atoms with Gasteiger partial charge in [-0.15, -0.1) is 0 Å². The van der Waals surface area contributed by atoms with Crippen LogP contribution < -0.4 is 0 Å². The second-order valence-corrected chi connectivity index (χ2v) is 6.87. The van der Waals surface area contributed by atoms with Gasteiger partial charge in [-0.3, -0.25) is 0 Å². The molecule has 0 atom stereocenters. The van der Waals surface area contributed by atoms with Gasteiger partial charge >= 0.3 is 0 Å². The van der Waals surface area contributed by atoms with Gasteiger partial charge in [0, 0.05) is 18.7 Å². The van der Waals surface area contributed by atoms with E-state index < -0.39 is 0 Å². The van der Waals surface area contributed by atoms with Gasteiger partial charge in [0.25, 0.3) is 0 Å². The number of hydrogen-bond acceptors (Lipinski definition) is 1. The average molecular weight is 339 g/mol. The number of likely N-dealkylation sites (tertiary alicyclic amines) is 1. The zero-order chi connectivity index (χ0) is 17.6. The van der Waals surface area contributed by atoms with E-state index in [2.05, 4.69) is 95.9 Å². The van der Waals surface area contributed by atoms with Crippen LogP contribution >= 0.6 is 0 Å². The Morgan fingerprint density at radius 2 is 0.923 bits per heavy atom. The van der Waals surface area contributed by atoms with Crippen molar-refractivity contribution in [1.29, 1.82) is 0 Å². The molecule has 0 saturated carbocycles. The Morgan fingerprint density at radius 1 is 0.500 bits per heavy atom. The summed E-state index contributed by atoms with van der Waals surface area (Å²) in [5.41, 5.74) is 6.56. The van der Waals surface area contributed by atoms with Crippen molar-refractivity contribution in [2.45, 2.75) is 19.3 Å². The number of piperidine rings is 1. The zero-order valence-electron chi connectivity index (χ0n) is 15.1. The molecule has 1 fully saturated rings. The van der Waals surface area contributed by atoms with Gasteiger partial charge in [0.1, 0.15) is 0 Å². The van der Waals surface area contributed by atoms with Gasteiger partial charge < -0.3 is 4.90 Å². The fourth-order valence-electron chi connectivity index (χ4n) is 3.85. The van der Waals surface area contributed by atoms with Crippen LogP contribution in [-0.2, 0) is 0 Å². The molecule has 0 bridgehead atoms.